The summed E-state index contributed by atoms with van der Waals surface area (Å²) in [4.78, 5) is 20.1. The molecule has 1 unspecified atom stereocenters. The molecule has 0 amide bonds. The Hall–Kier alpha value is -2.04. The molecule has 3 rings (SSSR count). The van der Waals surface area contributed by atoms with Crippen LogP contribution in [0.25, 0.3) is 0 Å². The van der Waals surface area contributed by atoms with Gasteiger partial charge in [-0.25, -0.2) is 19.9 Å². The Kier molecular flexibility index (Phi) is 3.34. The van der Waals surface area contributed by atoms with Gasteiger partial charge >= 0.3 is 0 Å². The first-order valence-electron chi connectivity index (χ1n) is 6.98. The molecule has 0 N–H and O–H groups in total. The van der Waals surface area contributed by atoms with Crippen molar-refractivity contribution in [1.29, 1.82) is 0 Å². The predicted molar refractivity (Wildman–Crippen MR) is 77.8 cm³/mol. The van der Waals surface area contributed by atoms with Crippen molar-refractivity contribution in [2.75, 3.05) is 18.0 Å². The summed E-state index contributed by atoms with van der Waals surface area (Å²) >= 11 is 0. The van der Waals surface area contributed by atoms with E-state index in [1.54, 1.807) is 0 Å². The maximum Gasteiger partial charge on any atom is 0.133 e. The molecular formula is C15H19N5. The van der Waals surface area contributed by atoms with Crippen LogP contribution in [0.2, 0.25) is 0 Å². The van der Waals surface area contributed by atoms with Gasteiger partial charge in [0.1, 0.15) is 17.5 Å². The van der Waals surface area contributed by atoms with E-state index in [1.807, 2.05) is 39.1 Å². The zero-order valence-electron chi connectivity index (χ0n) is 12.2. The van der Waals surface area contributed by atoms with Crippen LogP contribution in [0, 0.1) is 20.8 Å². The summed E-state index contributed by atoms with van der Waals surface area (Å²) in [5.74, 6) is 3.18. The largest absolute Gasteiger partial charge is 0.356 e. The van der Waals surface area contributed by atoms with E-state index in [9.17, 15) is 0 Å². The van der Waals surface area contributed by atoms with Crippen molar-refractivity contribution in [1.82, 2.24) is 19.9 Å². The lowest BCUT2D eigenvalue weighted by molar-refractivity contribution is 0.698. The highest BCUT2D eigenvalue weighted by Crippen LogP contribution is 2.28. The standard InChI is InChI=1S/C15H19N5/c1-10-8-11(2)18-15(17-10)13-5-7-20(9-13)14-4-6-16-12(3)19-14/h4,6,8,13H,5,7,9H2,1-3H3. The SMILES string of the molecule is Cc1cc(C)nc(C2CCN(c3ccnc(C)n3)C2)n1. The molecule has 0 saturated carbocycles. The summed E-state index contributed by atoms with van der Waals surface area (Å²) in [5, 5.41) is 0. The second-order valence-corrected chi connectivity index (χ2v) is 5.40. The van der Waals surface area contributed by atoms with Gasteiger partial charge in [0.15, 0.2) is 0 Å². The second kappa shape index (κ2) is 5.15. The monoisotopic (exact) mass is 269 g/mol. The average Bonchev–Trinajstić information content (AvgIpc) is 2.87. The zero-order chi connectivity index (χ0) is 14.1. The molecule has 1 saturated heterocycles. The molecule has 3 heterocycles. The Morgan fingerprint density at radius 3 is 2.55 bits per heavy atom. The highest BCUT2D eigenvalue weighted by atomic mass is 15.2. The Bertz CT molecular complexity index is 605. The van der Waals surface area contributed by atoms with Gasteiger partial charge in [0, 0.05) is 36.6 Å². The van der Waals surface area contributed by atoms with Crippen LogP contribution in [-0.2, 0) is 0 Å². The van der Waals surface area contributed by atoms with Gasteiger partial charge in [-0.2, -0.15) is 0 Å². The molecule has 0 aliphatic carbocycles. The van der Waals surface area contributed by atoms with E-state index in [0.29, 0.717) is 5.92 Å². The van der Waals surface area contributed by atoms with Gasteiger partial charge in [0.05, 0.1) is 0 Å². The summed E-state index contributed by atoms with van der Waals surface area (Å²) < 4.78 is 0. The van der Waals surface area contributed by atoms with E-state index in [1.165, 1.54) is 0 Å². The molecule has 1 fully saturated rings. The lowest BCUT2D eigenvalue weighted by Gasteiger charge is -2.17. The lowest BCUT2D eigenvalue weighted by Crippen LogP contribution is -2.21. The van der Waals surface area contributed by atoms with Crippen LogP contribution in [0.15, 0.2) is 18.3 Å². The van der Waals surface area contributed by atoms with Crippen molar-refractivity contribution in [3.05, 3.63) is 41.4 Å². The predicted octanol–water partition coefficient (Wildman–Crippen LogP) is 2.19. The van der Waals surface area contributed by atoms with E-state index >= 15 is 0 Å². The Morgan fingerprint density at radius 2 is 1.85 bits per heavy atom. The molecule has 1 aliphatic heterocycles. The third-order valence-corrected chi connectivity index (χ3v) is 3.64. The molecule has 20 heavy (non-hydrogen) atoms. The zero-order valence-corrected chi connectivity index (χ0v) is 12.2. The fraction of sp³-hybridized carbons (Fsp3) is 0.467. The van der Waals surface area contributed by atoms with Gasteiger partial charge in [0.25, 0.3) is 0 Å². The molecule has 0 spiro atoms. The number of hydrogen-bond acceptors (Lipinski definition) is 5. The van der Waals surface area contributed by atoms with Crippen LogP contribution in [0.5, 0.6) is 0 Å². The van der Waals surface area contributed by atoms with Gasteiger partial charge < -0.3 is 4.90 Å². The lowest BCUT2D eigenvalue weighted by atomic mass is 10.1. The number of anilines is 1. The van der Waals surface area contributed by atoms with Crippen LogP contribution in [0.1, 0.15) is 35.4 Å². The minimum absolute atomic E-state index is 0.392. The first kappa shape index (κ1) is 13.0. The number of rotatable bonds is 2. The van der Waals surface area contributed by atoms with Crippen molar-refractivity contribution in [2.45, 2.75) is 33.1 Å². The molecule has 5 heteroatoms. The van der Waals surface area contributed by atoms with Gasteiger partial charge in [0.2, 0.25) is 0 Å². The molecule has 1 aliphatic rings. The molecule has 1 atom stereocenters. The molecule has 0 aromatic carbocycles. The third kappa shape index (κ3) is 2.61. The van der Waals surface area contributed by atoms with Gasteiger partial charge in [-0.3, -0.25) is 0 Å². The Morgan fingerprint density at radius 1 is 1.10 bits per heavy atom. The minimum atomic E-state index is 0.392. The topological polar surface area (TPSA) is 54.8 Å². The molecule has 5 nitrogen and oxygen atoms in total. The van der Waals surface area contributed by atoms with E-state index < -0.39 is 0 Å². The van der Waals surface area contributed by atoms with Crippen molar-refractivity contribution < 1.29 is 0 Å². The molecule has 2 aromatic heterocycles. The van der Waals surface area contributed by atoms with E-state index in [2.05, 4.69) is 24.8 Å². The Balaban J connectivity index is 1.79. The summed E-state index contributed by atoms with van der Waals surface area (Å²) in [6, 6.07) is 3.99. The third-order valence-electron chi connectivity index (χ3n) is 3.64. The smallest absolute Gasteiger partial charge is 0.133 e. The first-order valence-corrected chi connectivity index (χ1v) is 6.98. The van der Waals surface area contributed by atoms with E-state index in [-0.39, 0.29) is 0 Å². The van der Waals surface area contributed by atoms with Crippen molar-refractivity contribution in [3.8, 4) is 0 Å². The van der Waals surface area contributed by atoms with Crippen LogP contribution in [0.3, 0.4) is 0 Å². The summed E-state index contributed by atoms with van der Waals surface area (Å²) in [5.41, 5.74) is 2.09. The fourth-order valence-corrected chi connectivity index (χ4v) is 2.73. The molecule has 104 valence electrons. The number of aromatic nitrogens is 4. The maximum atomic E-state index is 4.59. The average molecular weight is 269 g/mol. The Labute approximate surface area is 119 Å². The summed E-state index contributed by atoms with van der Waals surface area (Å²) in [7, 11) is 0. The molecule has 0 bridgehead atoms. The van der Waals surface area contributed by atoms with Gasteiger partial charge in [-0.1, -0.05) is 0 Å². The van der Waals surface area contributed by atoms with Crippen LogP contribution < -0.4 is 4.90 Å². The normalized spacial score (nSPS) is 18.6. The molecular weight excluding hydrogens is 250 g/mol. The quantitative estimate of drug-likeness (QED) is 0.836. The number of aryl methyl sites for hydroxylation is 3. The minimum Gasteiger partial charge on any atom is -0.356 e. The van der Waals surface area contributed by atoms with Crippen molar-refractivity contribution in [3.63, 3.8) is 0 Å². The number of hydrogen-bond donors (Lipinski definition) is 0. The van der Waals surface area contributed by atoms with Crippen LogP contribution in [-0.4, -0.2) is 33.0 Å². The number of nitrogens with zero attached hydrogens (tertiary/aromatic N) is 5. The van der Waals surface area contributed by atoms with Crippen LogP contribution in [0.4, 0.5) is 5.82 Å². The molecule has 0 radical (unpaired) electrons. The highest BCUT2D eigenvalue weighted by Gasteiger charge is 2.27. The van der Waals surface area contributed by atoms with Crippen molar-refractivity contribution in [2.24, 2.45) is 0 Å². The van der Waals surface area contributed by atoms with Gasteiger partial charge in [-0.05, 0) is 39.3 Å². The van der Waals surface area contributed by atoms with Gasteiger partial charge in [-0.15, -0.1) is 0 Å². The maximum absolute atomic E-state index is 4.59. The fourth-order valence-electron chi connectivity index (χ4n) is 2.73. The highest BCUT2D eigenvalue weighted by molar-refractivity contribution is 5.39. The van der Waals surface area contributed by atoms with Crippen LogP contribution >= 0.6 is 0 Å². The van der Waals surface area contributed by atoms with Crippen molar-refractivity contribution >= 4 is 5.82 Å². The summed E-state index contributed by atoms with van der Waals surface area (Å²) in [6.07, 6.45) is 2.89. The first-order chi connectivity index (χ1) is 9.61. The second-order valence-electron chi connectivity index (χ2n) is 5.40. The van der Waals surface area contributed by atoms with E-state index in [4.69, 9.17) is 0 Å². The molecule has 2 aromatic rings. The summed E-state index contributed by atoms with van der Waals surface area (Å²) in [6.45, 7) is 7.90. The van der Waals surface area contributed by atoms with E-state index in [0.717, 1.165) is 48.4 Å².